The van der Waals surface area contributed by atoms with E-state index in [2.05, 4.69) is 111 Å². The maximum atomic E-state index is 12.1. The topological polar surface area (TPSA) is 419 Å². The van der Waals surface area contributed by atoms with Gasteiger partial charge < -0.3 is 59.1 Å². The fourth-order valence-electron chi connectivity index (χ4n) is 15.1. The van der Waals surface area contributed by atoms with Crippen LogP contribution in [0, 0.1) is 39.5 Å². The number of likely N-dealkylation sites (tertiary alicyclic amines) is 2. The maximum Gasteiger partial charge on any atom is 0.309 e. The SMILES string of the molecule is C.C=CCCCC.C=CCCCC(CCOS(C)(=O)=O)COS(C)(=O)=O.C=CCCCC(CO)CCO.C=CCCCC1CCN([C@@H](CC(=O)OCC)c2ccc(OC)nc2)C1.C=CCCCC1CCOC1=O.CCN(CC)CC.CCOC(=O)C[C@H](N)c1ccc(OC)nc1.COc1ccc([C@H](CC(=O)O)N2CCC(CCCc3ccc4c(n3)CCCC4)C2)cn1.O=C1CCCO1.O=O. The number of aliphatic carboxylic acids is 1. The number of fused-ring (bicyclic) bond motifs is 1. The molecular weight excluding hydrogens is 1770 g/mol. The van der Waals surface area contributed by atoms with E-state index in [0.29, 0.717) is 81.6 Å². The van der Waals surface area contributed by atoms with E-state index in [0.717, 1.165) is 165 Å². The first-order valence-electron chi connectivity index (χ1n) is 47.9. The number of ether oxygens (including phenoxy) is 7. The molecule has 0 amide bonds. The Morgan fingerprint density at radius 2 is 1.04 bits per heavy atom. The molecule has 135 heavy (non-hydrogen) atoms. The predicted molar refractivity (Wildman–Crippen MR) is 537 cm³/mol. The summed E-state index contributed by atoms with van der Waals surface area (Å²) in [6.45, 7) is 40.6. The van der Waals surface area contributed by atoms with Crippen molar-refractivity contribution in [3.63, 3.8) is 0 Å². The normalized spacial score (nSPS) is 16.2. The highest BCUT2D eigenvalue weighted by Gasteiger charge is 2.33. The largest absolute Gasteiger partial charge is 0.481 e. The monoisotopic (exact) mass is 1940 g/mol. The van der Waals surface area contributed by atoms with Gasteiger partial charge in [0.1, 0.15) is 0 Å². The molecule has 4 aromatic rings. The molecule has 8 heterocycles. The minimum atomic E-state index is -3.48. The van der Waals surface area contributed by atoms with Crippen LogP contribution in [0.4, 0.5) is 0 Å². The number of methoxy groups -OCH3 is 3. The molecule has 0 aromatic carbocycles. The van der Waals surface area contributed by atoms with E-state index in [4.69, 9.17) is 63.5 Å². The zero-order valence-electron chi connectivity index (χ0n) is 82.7. The van der Waals surface area contributed by atoms with Crippen LogP contribution in [0.25, 0.3) is 0 Å². The van der Waals surface area contributed by atoms with E-state index >= 15 is 0 Å². The van der Waals surface area contributed by atoms with Crippen LogP contribution >= 0.6 is 0 Å². The molecule has 5 aliphatic rings. The van der Waals surface area contributed by atoms with Crippen LogP contribution in [0.1, 0.15) is 287 Å². The predicted octanol–water partition coefficient (Wildman–Crippen LogP) is 18.3. The van der Waals surface area contributed by atoms with Gasteiger partial charge in [-0.25, -0.2) is 15.0 Å². The van der Waals surface area contributed by atoms with Crippen LogP contribution < -0.4 is 19.9 Å². The van der Waals surface area contributed by atoms with Gasteiger partial charge in [0.15, 0.2) is 0 Å². The standard InChI is InChI=1S/C25H33N3O3.C20H30N2O3.C11H16N2O3.C11H22O6S2.C9H14O2.C9H18O2.C6H15N.C6H12.C4H6O2.CH4.O2/c1-31-24-12-10-20(16-26-24)23(15-25(29)30)28-14-13-18(17-28)5-4-7-21-11-9-19-6-2-3-8-22(19)27-21;1-4-6-7-8-16-11-12-22(15-16)18(13-20(23)25-5-2)17-9-10-19(24-3)21-14-17;1-3-16-11(14)6-9(12)8-4-5-10(15-2)13-7-8;1-4-5-6-7-11(10-17-19(3,14)15)8-9-16-18(2,12)13;1-2-3-4-5-8-6-7-11-9(8)10;1-2-3-4-5-9(8-11)6-7-10;1-4-7(5-2)6-3;1-3-5-6-4-2;5-4-2-1-3-6-4;;1-2/h9-12,16,18,23H,2-8,13-15,17H2,1H3,(H,29,30);4,9-10,14,16,18H,1,5-8,11-13,15H2,2-3H3;4-5,7,9H,3,6,12H2,1-2H3;4,11H,1,5-10H2,2-3H3;2,8H,1,3-7H2;2,9-11H,1,3-8H2;4-6H2,1-3H3;3H,1,4-6H2,2H3;1-3H2;1H4;/t18?,23-;16?,18-;9-;;;;;;;;/m000......../s1. The van der Waals surface area contributed by atoms with Gasteiger partial charge in [-0.1, -0.05) is 103 Å². The van der Waals surface area contributed by atoms with Crippen molar-refractivity contribution in [2.75, 3.05) is 133 Å². The third-order valence-corrected chi connectivity index (χ3v) is 23.9. The Morgan fingerprint density at radius 3 is 1.45 bits per heavy atom. The van der Waals surface area contributed by atoms with Gasteiger partial charge in [0.05, 0.1) is 98.7 Å². The van der Waals surface area contributed by atoms with Crippen LogP contribution in [-0.2, 0) is 90.8 Å². The lowest BCUT2D eigenvalue weighted by Gasteiger charge is -2.27. The van der Waals surface area contributed by atoms with Crippen molar-refractivity contribution >= 4 is 50.1 Å². The molecule has 0 radical (unpaired) electrons. The van der Waals surface area contributed by atoms with Gasteiger partial charge in [-0.2, -0.15) is 16.8 Å². The molecular formula is C102H170N8O23S2. The second-order valence-corrected chi connectivity index (χ2v) is 36.4. The van der Waals surface area contributed by atoms with Crippen molar-refractivity contribution < 1.29 is 97.7 Å². The average molecular weight is 1940 g/mol. The number of carbonyl (C=O) groups is 5. The lowest BCUT2D eigenvalue weighted by atomic mass is 9.95. The summed E-state index contributed by atoms with van der Waals surface area (Å²) in [7, 11) is -2.22. The van der Waals surface area contributed by atoms with Gasteiger partial charge in [0.2, 0.25) is 17.6 Å². The summed E-state index contributed by atoms with van der Waals surface area (Å²) in [5, 5.41) is 26.9. The summed E-state index contributed by atoms with van der Waals surface area (Å²) in [5.74, 6) is 2.07. The van der Waals surface area contributed by atoms with Crippen LogP contribution in [-0.4, -0.2) is 229 Å². The molecule has 4 aromatic heterocycles. The van der Waals surface area contributed by atoms with Crippen molar-refractivity contribution in [3.8, 4) is 17.6 Å². The van der Waals surface area contributed by atoms with Crippen LogP contribution in [0.15, 0.2) is 130 Å². The number of rotatable bonds is 52. The summed E-state index contributed by atoms with van der Waals surface area (Å²) in [5.41, 5.74) is 12.6. The molecule has 33 heteroatoms. The van der Waals surface area contributed by atoms with E-state index in [-0.39, 0.29) is 100 Å². The molecule has 5 unspecified atom stereocenters. The van der Waals surface area contributed by atoms with Crippen LogP contribution in [0.5, 0.6) is 17.6 Å². The van der Waals surface area contributed by atoms with E-state index in [9.17, 15) is 45.9 Å². The highest BCUT2D eigenvalue weighted by molar-refractivity contribution is 7.86. The number of aryl methyl sites for hydroxylation is 3. The Labute approximate surface area is 809 Å². The number of esters is 4. The molecule has 9 rings (SSSR count). The smallest absolute Gasteiger partial charge is 0.309 e. The van der Waals surface area contributed by atoms with Gasteiger partial charge in [0, 0.05) is 109 Å². The number of aromatic nitrogens is 4. The molecule has 768 valence electrons. The Bertz CT molecular complexity index is 4000. The summed E-state index contributed by atoms with van der Waals surface area (Å²) in [4.78, 5) is 94.4. The van der Waals surface area contributed by atoms with Crippen molar-refractivity contribution in [1.82, 2.24) is 34.6 Å². The molecule has 1 aliphatic carbocycles. The van der Waals surface area contributed by atoms with Crippen molar-refractivity contribution in [3.05, 3.63) is 174 Å². The fraction of sp³-hybridized carbons (Fsp3) is 0.657. The van der Waals surface area contributed by atoms with Crippen molar-refractivity contribution in [2.24, 2.45) is 35.3 Å². The molecule has 4 aliphatic heterocycles. The number of hydrogen-bond acceptors (Lipinski definition) is 30. The lowest BCUT2D eigenvalue weighted by molar-refractivity contribution is -0.145. The molecule has 0 saturated carbocycles. The van der Waals surface area contributed by atoms with E-state index < -0.39 is 32.2 Å². The zero-order valence-corrected chi connectivity index (χ0v) is 84.3. The van der Waals surface area contributed by atoms with Crippen LogP contribution in [0.2, 0.25) is 0 Å². The number of carbonyl (C=O) groups excluding carboxylic acids is 4. The first-order chi connectivity index (χ1) is 64.4. The highest BCUT2D eigenvalue weighted by atomic mass is 32.2. The van der Waals surface area contributed by atoms with E-state index in [1.165, 1.54) is 94.4 Å². The second-order valence-electron chi connectivity index (χ2n) is 33.1. The molecule has 4 fully saturated rings. The number of carboxylic acid groups (broad SMARTS) is 1. The van der Waals surface area contributed by atoms with Crippen molar-refractivity contribution in [1.29, 1.82) is 0 Å². The molecule has 8 atom stereocenters. The number of nitrogens with zero attached hydrogens (tertiary/aromatic N) is 7. The number of aliphatic hydroxyl groups is 2. The van der Waals surface area contributed by atoms with Gasteiger partial charge in [0.25, 0.3) is 20.2 Å². The average Bonchev–Trinajstić information content (AvgIpc) is 1.69. The summed E-state index contributed by atoms with van der Waals surface area (Å²) < 4.78 is 87.5. The van der Waals surface area contributed by atoms with Crippen LogP contribution in [0.3, 0.4) is 0 Å². The Hall–Kier alpha value is -8.77. The first-order valence-corrected chi connectivity index (χ1v) is 51.5. The zero-order chi connectivity index (χ0) is 100. The number of unbranched alkanes of at least 4 members (excludes halogenated alkanes) is 6. The maximum absolute atomic E-state index is 12.1. The molecule has 5 N–H and O–H groups in total. The lowest BCUT2D eigenvalue weighted by Crippen LogP contribution is -2.29. The Kier molecular flexibility index (Phi) is 77.2. The minimum absolute atomic E-state index is 0. The molecule has 4 saturated heterocycles. The number of aliphatic hydroxyl groups excluding tert-OH is 2. The third-order valence-electron chi connectivity index (χ3n) is 22.7. The molecule has 0 spiro atoms. The first kappa shape index (κ1) is 128. The molecule has 0 bridgehead atoms. The fourth-order valence-corrected chi connectivity index (χ4v) is 15.9. The number of pyridine rings is 4. The molecule has 31 nitrogen and oxygen atoms in total. The number of hydrogen-bond donors (Lipinski definition) is 4. The number of carboxylic acids is 1. The number of allylic oxidation sites excluding steroid dienone is 5. The van der Waals surface area contributed by atoms with Gasteiger partial charge in [-0.3, -0.25) is 47.1 Å². The quantitative estimate of drug-likeness (QED) is 0.0105. The summed E-state index contributed by atoms with van der Waals surface area (Å²) in [6.07, 6.45) is 47.1. The Balaban J connectivity index is 0. The van der Waals surface area contributed by atoms with Crippen molar-refractivity contribution in [2.45, 2.75) is 273 Å². The number of cyclic esters (lactones) is 2. The Morgan fingerprint density at radius 1 is 0.563 bits per heavy atom. The number of nitrogens with two attached hydrogens (primary N) is 1. The second kappa shape index (κ2) is 81.3. The van der Waals surface area contributed by atoms with E-state index in [1.807, 2.05) is 61.7 Å². The summed E-state index contributed by atoms with van der Waals surface area (Å²) >= 11 is 0. The van der Waals surface area contributed by atoms with Gasteiger partial charge >= 0.3 is 29.8 Å². The third kappa shape index (κ3) is 63.4. The highest BCUT2D eigenvalue weighted by Crippen LogP contribution is 2.35. The minimum Gasteiger partial charge on any atom is -0.481 e. The van der Waals surface area contributed by atoms with Gasteiger partial charge in [-0.05, 0) is 266 Å². The van der Waals surface area contributed by atoms with E-state index in [1.54, 1.807) is 58.9 Å². The summed E-state index contributed by atoms with van der Waals surface area (Å²) in [6, 6.07) is 15.1. The van der Waals surface area contributed by atoms with Gasteiger partial charge in [-0.15, -0.1) is 32.9 Å².